The molecule has 2 aromatic heterocycles. The molecule has 0 saturated heterocycles. The first kappa shape index (κ1) is 6.46. The second kappa shape index (κ2) is 2.42. The Hall–Kier alpha value is -1.25. The third-order valence-electron chi connectivity index (χ3n) is 1.75. The van der Waals surface area contributed by atoms with Crippen LogP contribution in [0.4, 0.5) is 0 Å². The quantitative estimate of drug-likeness (QED) is 0.591. The van der Waals surface area contributed by atoms with E-state index in [1.54, 1.807) is 0 Å². The summed E-state index contributed by atoms with van der Waals surface area (Å²) in [7, 11) is 2.04. The van der Waals surface area contributed by atoms with Gasteiger partial charge in [-0.1, -0.05) is 18.4 Å². The van der Waals surface area contributed by atoms with Crippen molar-refractivity contribution in [3.05, 3.63) is 24.5 Å². The lowest BCUT2D eigenvalue weighted by molar-refractivity contribution is 1.34. The SMILES string of the molecule is C[B]c1cnc2[nH]ccc2c1. The average Bonchev–Trinajstić information content (AvgIpc) is 2.50. The molecule has 0 spiro atoms. The number of nitrogens with one attached hydrogen (secondary N) is 1. The van der Waals surface area contributed by atoms with Crippen LogP contribution in [0, 0.1) is 0 Å². The van der Waals surface area contributed by atoms with Crippen molar-refractivity contribution in [3.8, 4) is 0 Å². The third-order valence-corrected chi connectivity index (χ3v) is 1.75. The van der Waals surface area contributed by atoms with Crippen molar-refractivity contribution < 1.29 is 0 Å². The molecule has 3 heteroatoms. The van der Waals surface area contributed by atoms with Gasteiger partial charge in [0.2, 0.25) is 0 Å². The smallest absolute Gasteiger partial charge is 0.150 e. The normalized spacial score (nSPS) is 10.3. The molecule has 2 rings (SSSR count). The van der Waals surface area contributed by atoms with E-state index in [0.29, 0.717) is 0 Å². The zero-order valence-electron chi connectivity index (χ0n) is 6.33. The van der Waals surface area contributed by atoms with Crippen molar-refractivity contribution in [1.29, 1.82) is 0 Å². The molecule has 0 aromatic carbocycles. The lowest BCUT2D eigenvalue weighted by atomic mass is 9.74. The Labute approximate surface area is 65.9 Å². The van der Waals surface area contributed by atoms with Crippen LogP contribution in [0.1, 0.15) is 0 Å². The predicted octanol–water partition coefficient (Wildman–Crippen LogP) is 0.940. The highest BCUT2D eigenvalue weighted by Crippen LogP contribution is 2.04. The second-order valence-corrected chi connectivity index (χ2v) is 2.47. The Balaban J connectivity index is 2.67. The zero-order valence-corrected chi connectivity index (χ0v) is 6.33. The lowest BCUT2D eigenvalue weighted by Gasteiger charge is -1.93. The van der Waals surface area contributed by atoms with Crippen LogP contribution in [0.15, 0.2) is 24.5 Å². The van der Waals surface area contributed by atoms with Crippen LogP contribution in [0.2, 0.25) is 6.82 Å². The first-order valence-corrected chi connectivity index (χ1v) is 3.62. The molecule has 2 nitrogen and oxygen atoms in total. The highest BCUT2D eigenvalue weighted by Gasteiger charge is 1.95. The summed E-state index contributed by atoms with van der Waals surface area (Å²) in [6.07, 6.45) is 3.76. The molecule has 0 atom stereocenters. The summed E-state index contributed by atoms with van der Waals surface area (Å²) in [5.74, 6) is 0. The molecular weight excluding hydrogens is 135 g/mol. The van der Waals surface area contributed by atoms with Crippen molar-refractivity contribution in [2.75, 3.05) is 0 Å². The minimum Gasteiger partial charge on any atom is -0.346 e. The van der Waals surface area contributed by atoms with Crippen molar-refractivity contribution in [2.24, 2.45) is 0 Å². The van der Waals surface area contributed by atoms with Crippen LogP contribution >= 0.6 is 0 Å². The average molecular weight is 143 g/mol. The second-order valence-electron chi connectivity index (χ2n) is 2.47. The van der Waals surface area contributed by atoms with E-state index < -0.39 is 0 Å². The molecule has 0 aliphatic carbocycles. The maximum absolute atomic E-state index is 4.23. The molecule has 1 radical (unpaired) electrons. The van der Waals surface area contributed by atoms with E-state index in [1.165, 1.54) is 5.39 Å². The zero-order chi connectivity index (χ0) is 7.68. The maximum atomic E-state index is 4.23. The van der Waals surface area contributed by atoms with Gasteiger partial charge in [-0.25, -0.2) is 4.98 Å². The molecule has 2 aromatic rings. The summed E-state index contributed by atoms with van der Waals surface area (Å²) in [5.41, 5.74) is 2.12. The number of hydrogen-bond donors (Lipinski definition) is 1. The monoisotopic (exact) mass is 143 g/mol. The minimum absolute atomic E-state index is 0.954. The van der Waals surface area contributed by atoms with Crippen LogP contribution in [0.5, 0.6) is 0 Å². The van der Waals surface area contributed by atoms with E-state index in [-0.39, 0.29) is 0 Å². The molecule has 0 unspecified atom stereocenters. The molecule has 0 amide bonds. The molecule has 53 valence electrons. The van der Waals surface area contributed by atoms with Gasteiger partial charge < -0.3 is 4.98 Å². The largest absolute Gasteiger partial charge is 0.346 e. The Morgan fingerprint density at radius 3 is 3.27 bits per heavy atom. The minimum atomic E-state index is 0.954. The van der Waals surface area contributed by atoms with Crippen LogP contribution in [-0.2, 0) is 0 Å². The Kier molecular flexibility index (Phi) is 1.42. The van der Waals surface area contributed by atoms with E-state index in [0.717, 1.165) is 11.1 Å². The topological polar surface area (TPSA) is 28.7 Å². The molecule has 0 saturated carbocycles. The van der Waals surface area contributed by atoms with Gasteiger partial charge in [0, 0.05) is 17.8 Å². The summed E-state index contributed by atoms with van der Waals surface area (Å²) in [4.78, 5) is 7.27. The highest BCUT2D eigenvalue weighted by atomic mass is 14.8. The van der Waals surface area contributed by atoms with Crippen LogP contribution in [0.3, 0.4) is 0 Å². The molecule has 11 heavy (non-hydrogen) atoms. The number of nitrogens with zero attached hydrogens (tertiary/aromatic N) is 1. The van der Waals surface area contributed by atoms with Gasteiger partial charge in [-0.3, -0.25) is 0 Å². The molecule has 0 fully saturated rings. The van der Waals surface area contributed by atoms with E-state index in [9.17, 15) is 0 Å². The lowest BCUT2D eigenvalue weighted by Crippen LogP contribution is -2.10. The van der Waals surface area contributed by atoms with Gasteiger partial charge in [-0.05, 0) is 6.07 Å². The van der Waals surface area contributed by atoms with Crippen LogP contribution in [-0.4, -0.2) is 17.2 Å². The summed E-state index contributed by atoms with van der Waals surface area (Å²) in [6.45, 7) is 2.01. The number of fused-ring (bicyclic) bond motifs is 1. The molecule has 2 heterocycles. The first-order valence-electron chi connectivity index (χ1n) is 3.62. The fourth-order valence-corrected chi connectivity index (χ4v) is 1.11. The standard InChI is InChI=1S/C8H8BN2/c1-9-7-4-6-2-3-10-8(6)11-5-7/h2-5H,1H3,(H,10,11). The number of aromatic nitrogens is 2. The third kappa shape index (κ3) is 1.02. The first-order chi connectivity index (χ1) is 5.40. The predicted molar refractivity (Wildman–Crippen MR) is 47.3 cm³/mol. The highest BCUT2D eigenvalue weighted by molar-refractivity contribution is 6.52. The fraction of sp³-hybridized carbons (Fsp3) is 0.125. The fourth-order valence-electron chi connectivity index (χ4n) is 1.11. The number of pyridine rings is 1. The number of aromatic amines is 1. The van der Waals surface area contributed by atoms with Crippen LogP contribution < -0.4 is 5.46 Å². The summed E-state index contributed by atoms with van der Waals surface area (Å²) in [6, 6.07) is 4.13. The molecule has 1 N–H and O–H groups in total. The van der Waals surface area contributed by atoms with E-state index in [2.05, 4.69) is 16.0 Å². The van der Waals surface area contributed by atoms with Gasteiger partial charge in [0.25, 0.3) is 0 Å². The van der Waals surface area contributed by atoms with Gasteiger partial charge in [0.15, 0.2) is 0 Å². The number of rotatable bonds is 1. The van der Waals surface area contributed by atoms with Gasteiger partial charge >= 0.3 is 0 Å². The molecule has 0 bridgehead atoms. The number of H-pyrrole nitrogens is 1. The Bertz CT molecular complexity index is 367. The van der Waals surface area contributed by atoms with Gasteiger partial charge in [-0.15, -0.1) is 0 Å². The Morgan fingerprint density at radius 1 is 1.55 bits per heavy atom. The maximum Gasteiger partial charge on any atom is 0.150 e. The summed E-state index contributed by atoms with van der Waals surface area (Å²) < 4.78 is 0. The Morgan fingerprint density at radius 2 is 2.45 bits per heavy atom. The summed E-state index contributed by atoms with van der Waals surface area (Å²) >= 11 is 0. The molecule has 0 aliphatic rings. The van der Waals surface area contributed by atoms with Crippen molar-refractivity contribution in [1.82, 2.24) is 9.97 Å². The molecule has 0 aliphatic heterocycles. The van der Waals surface area contributed by atoms with Crippen molar-refractivity contribution in [3.63, 3.8) is 0 Å². The van der Waals surface area contributed by atoms with Crippen molar-refractivity contribution in [2.45, 2.75) is 6.82 Å². The van der Waals surface area contributed by atoms with E-state index in [1.807, 2.05) is 32.6 Å². The van der Waals surface area contributed by atoms with Gasteiger partial charge in [0.05, 0.1) is 0 Å². The van der Waals surface area contributed by atoms with Gasteiger partial charge in [-0.2, -0.15) is 0 Å². The summed E-state index contributed by atoms with van der Waals surface area (Å²) in [5, 5.41) is 1.17. The van der Waals surface area contributed by atoms with E-state index in [4.69, 9.17) is 0 Å². The van der Waals surface area contributed by atoms with Crippen molar-refractivity contribution >= 4 is 23.8 Å². The molecular formula is C8H8BN2. The van der Waals surface area contributed by atoms with Crippen LogP contribution in [0.25, 0.3) is 11.0 Å². The van der Waals surface area contributed by atoms with Gasteiger partial charge in [0.1, 0.15) is 12.9 Å². The van der Waals surface area contributed by atoms with E-state index >= 15 is 0 Å². The number of hydrogen-bond acceptors (Lipinski definition) is 1.